The number of fused-ring (bicyclic) bond motifs is 2. The Labute approximate surface area is 161 Å². The van der Waals surface area contributed by atoms with Gasteiger partial charge in [0, 0.05) is 12.7 Å². The van der Waals surface area contributed by atoms with E-state index in [1.54, 1.807) is 0 Å². The average molecular weight is 355 g/mol. The zero-order valence-corrected chi connectivity index (χ0v) is 16.4. The Morgan fingerprint density at radius 1 is 0.667 bits per heavy atom. The van der Waals surface area contributed by atoms with Gasteiger partial charge in [0.25, 0.3) is 0 Å². The number of para-hydroxylation sites is 3. The average Bonchev–Trinajstić information content (AvgIpc) is 3.06. The third kappa shape index (κ3) is 2.34. The molecule has 3 aromatic carbocycles. The van der Waals surface area contributed by atoms with E-state index in [2.05, 4.69) is 109 Å². The number of benzene rings is 3. The summed E-state index contributed by atoms with van der Waals surface area (Å²) in [7, 11) is 2.16. The molecule has 0 aromatic heterocycles. The molecule has 2 aliphatic rings. The Balaban J connectivity index is 1.62. The summed E-state index contributed by atoms with van der Waals surface area (Å²) in [6.45, 7) is 7.62. The van der Waals surface area contributed by atoms with Gasteiger partial charge in [0.15, 0.2) is 0 Å². The summed E-state index contributed by atoms with van der Waals surface area (Å²) < 4.78 is 0. The van der Waals surface area contributed by atoms with Crippen molar-refractivity contribution in [2.24, 2.45) is 0 Å². The SMILES string of the molecule is CN1c2ccccc2N2CN(c3ccc(C(C)(C)C)cc3)c3cccc1c32. The van der Waals surface area contributed by atoms with E-state index in [-0.39, 0.29) is 5.41 Å². The first kappa shape index (κ1) is 16.2. The summed E-state index contributed by atoms with van der Waals surface area (Å²) in [5.74, 6) is 0. The number of nitrogens with zero attached hydrogens (tertiary/aromatic N) is 3. The Bertz CT molecular complexity index is 1010. The topological polar surface area (TPSA) is 9.72 Å². The van der Waals surface area contributed by atoms with Crippen LogP contribution in [-0.4, -0.2) is 13.7 Å². The van der Waals surface area contributed by atoms with Gasteiger partial charge in [-0.2, -0.15) is 0 Å². The van der Waals surface area contributed by atoms with E-state index in [4.69, 9.17) is 0 Å². The van der Waals surface area contributed by atoms with Gasteiger partial charge in [-0.15, -0.1) is 0 Å². The van der Waals surface area contributed by atoms with Crippen molar-refractivity contribution in [2.75, 3.05) is 28.4 Å². The second-order valence-electron chi connectivity index (χ2n) is 8.49. The van der Waals surface area contributed by atoms with E-state index >= 15 is 0 Å². The van der Waals surface area contributed by atoms with Gasteiger partial charge in [-0.05, 0) is 47.4 Å². The van der Waals surface area contributed by atoms with Gasteiger partial charge in [0.1, 0.15) is 6.67 Å². The van der Waals surface area contributed by atoms with Crippen LogP contribution in [0.15, 0.2) is 66.7 Å². The van der Waals surface area contributed by atoms with E-state index in [0.717, 1.165) is 6.67 Å². The Morgan fingerprint density at radius 2 is 1.30 bits per heavy atom. The Morgan fingerprint density at radius 3 is 2.00 bits per heavy atom. The molecular formula is C24H25N3. The van der Waals surface area contributed by atoms with Crippen LogP contribution in [-0.2, 0) is 5.41 Å². The molecule has 0 atom stereocenters. The highest BCUT2D eigenvalue weighted by Crippen LogP contribution is 2.55. The van der Waals surface area contributed by atoms with Gasteiger partial charge in [-0.25, -0.2) is 0 Å². The first-order valence-electron chi connectivity index (χ1n) is 9.56. The minimum absolute atomic E-state index is 0.172. The molecule has 0 saturated carbocycles. The van der Waals surface area contributed by atoms with Crippen molar-refractivity contribution in [1.82, 2.24) is 0 Å². The lowest BCUT2D eigenvalue weighted by molar-refractivity contribution is 0.590. The van der Waals surface area contributed by atoms with E-state index < -0.39 is 0 Å². The lowest BCUT2D eigenvalue weighted by atomic mass is 9.87. The number of rotatable bonds is 1. The summed E-state index contributed by atoms with van der Waals surface area (Å²) in [5.41, 5.74) is 9.15. The smallest absolute Gasteiger partial charge is 0.100 e. The maximum Gasteiger partial charge on any atom is 0.100 e. The molecule has 5 rings (SSSR count). The molecule has 0 unspecified atom stereocenters. The number of anilines is 6. The van der Waals surface area contributed by atoms with Crippen molar-refractivity contribution < 1.29 is 0 Å². The van der Waals surface area contributed by atoms with Crippen LogP contribution in [0.25, 0.3) is 0 Å². The maximum atomic E-state index is 2.44. The lowest BCUT2D eigenvalue weighted by Gasteiger charge is -2.35. The first-order valence-corrected chi connectivity index (χ1v) is 9.56. The van der Waals surface area contributed by atoms with Crippen LogP contribution in [0, 0.1) is 0 Å². The monoisotopic (exact) mass is 355 g/mol. The standard InChI is InChI=1S/C24H25N3/c1-24(2,3)17-12-14-18(15-13-17)26-16-27-20-9-6-5-8-19(20)25(4)21-10-7-11-22(26)23(21)27/h5-15H,16H2,1-4H3. The summed E-state index contributed by atoms with van der Waals surface area (Å²) >= 11 is 0. The van der Waals surface area contributed by atoms with Crippen LogP contribution >= 0.6 is 0 Å². The molecule has 3 nitrogen and oxygen atoms in total. The maximum absolute atomic E-state index is 2.44. The Kier molecular flexibility index (Phi) is 3.33. The van der Waals surface area contributed by atoms with Crippen molar-refractivity contribution in [3.63, 3.8) is 0 Å². The van der Waals surface area contributed by atoms with Crippen LogP contribution in [0.1, 0.15) is 26.3 Å². The fraction of sp³-hybridized carbons (Fsp3) is 0.250. The van der Waals surface area contributed by atoms with Crippen LogP contribution in [0.5, 0.6) is 0 Å². The van der Waals surface area contributed by atoms with Gasteiger partial charge in [0.2, 0.25) is 0 Å². The minimum Gasteiger partial charge on any atom is -0.341 e. The molecule has 2 aliphatic heterocycles. The molecule has 0 amide bonds. The molecular weight excluding hydrogens is 330 g/mol. The second-order valence-corrected chi connectivity index (χ2v) is 8.49. The van der Waals surface area contributed by atoms with Crippen molar-refractivity contribution in [1.29, 1.82) is 0 Å². The van der Waals surface area contributed by atoms with Gasteiger partial charge in [-0.1, -0.05) is 51.1 Å². The molecule has 0 radical (unpaired) electrons. The molecule has 0 saturated heterocycles. The zero-order valence-electron chi connectivity index (χ0n) is 16.4. The van der Waals surface area contributed by atoms with E-state index in [9.17, 15) is 0 Å². The quantitative estimate of drug-likeness (QED) is 0.506. The van der Waals surface area contributed by atoms with Crippen LogP contribution in [0.3, 0.4) is 0 Å². The molecule has 2 heterocycles. The third-order valence-electron chi connectivity index (χ3n) is 5.78. The van der Waals surface area contributed by atoms with E-state index in [1.807, 2.05) is 0 Å². The molecule has 136 valence electrons. The first-order chi connectivity index (χ1) is 12.9. The van der Waals surface area contributed by atoms with Crippen molar-refractivity contribution >= 4 is 34.1 Å². The van der Waals surface area contributed by atoms with Crippen LogP contribution in [0.2, 0.25) is 0 Å². The molecule has 0 fully saturated rings. The number of hydrogen-bond donors (Lipinski definition) is 0. The van der Waals surface area contributed by atoms with Gasteiger partial charge < -0.3 is 14.7 Å². The summed E-state index contributed by atoms with van der Waals surface area (Å²) in [6, 6.07) is 24.3. The largest absolute Gasteiger partial charge is 0.341 e. The molecule has 0 bridgehead atoms. The molecule has 27 heavy (non-hydrogen) atoms. The zero-order chi connectivity index (χ0) is 18.8. The lowest BCUT2D eigenvalue weighted by Crippen LogP contribution is -2.28. The fourth-order valence-electron chi connectivity index (χ4n) is 4.24. The fourth-order valence-corrected chi connectivity index (χ4v) is 4.24. The van der Waals surface area contributed by atoms with Crippen molar-refractivity contribution in [3.8, 4) is 0 Å². The highest BCUT2D eigenvalue weighted by atomic mass is 15.4. The molecule has 0 aliphatic carbocycles. The minimum atomic E-state index is 0.172. The van der Waals surface area contributed by atoms with Crippen molar-refractivity contribution in [2.45, 2.75) is 26.2 Å². The highest BCUT2D eigenvalue weighted by molar-refractivity contribution is 6.02. The van der Waals surface area contributed by atoms with Crippen LogP contribution in [0.4, 0.5) is 34.1 Å². The van der Waals surface area contributed by atoms with E-state index in [1.165, 1.54) is 39.7 Å². The predicted octanol–water partition coefficient (Wildman–Crippen LogP) is 6.31. The summed E-state index contributed by atoms with van der Waals surface area (Å²) in [6.07, 6.45) is 0. The molecule has 3 aromatic rings. The highest BCUT2D eigenvalue weighted by Gasteiger charge is 2.36. The van der Waals surface area contributed by atoms with Gasteiger partial charge in [0.05, 0.1) is 28.4 Å². The number of hydrogen-bond acceptors (Lipinski definition) is 3. The van der Waals surface area contributed by atoms with Crippen molar-refractivity contribution in [3.05, 3.63) is 72.3 Å². The van der Waals surface area contributed by atoms with E-state index in [0.29, 0.717) is 0 Å². The Hall–Kier alpha value is -2.94. The van der Waals surface area contributed by atoms with Gasteiger partial charge in [-0.3, -0.25) is 0 Å². The molecule has 3 heteroatoms. The van der Waals surface area contributed by atoms with Gasteiger partial charge >= 0.3 is 0 Å². The summed E-state index contributed by atoms with van der Waals surface area (Å²) in [5, 5.41) is 0. The molecule has 0 spiro atoms. The van der Waals surface area contributed by atoms with Crippen LogP contribution < -0.4 is 14.7 Å². The normalized spacial score (nSPS) is 15.0. The predicted molar refractivity (Wildman–Crippen MR) is 115 cm³/mol. The second kappa shape index (κ2) is 5.53. The third-order valence-corrected chi connectivity index (χ3v) is 5.78. The summed E-state index contributed by atoms with van der Waals surface area (Å²) in [4.78, 5) is 7.16. The molecule has 0 N–H and O–H groups in total.